The van der Waals surface area contributed by atoms with Crippen LogP contribution >= 0.6 is 11.8 Å². The van der Waals surface area contributed by atoms with Crippen molar-refractivity contribution in [3.63, 3.8) is 0 Å². The van der Waals surface area contributed by atoms with Gasteiger partial charge >= 0.3 is 6.61 Å². The fourth-order valence-corrected chi connectivity index (χ4v) is 4.33. The number of halogens is 2. The zero-order chi connectivity index (χ0) is 24.8. The molecule has 34 heavy (non-hydrogen) atoms. The molecular weight excluding hydrogens is 466 g/mol. The highest BCUT2D eigenvalue weighted by molar-refractivity contribution is 8.15. The average molecular weight is 491 g/mol. The smallest absolute Gasteiger partial charge is 0.387 e. The Balaban J connectivity index is 1.71. The van der Waals surface area contributed by atoms with Crippen LogP contribution in [0.4, 0.5) is 14.5 Å². The molecule has 0 unspecified atom stereocenters. The van der Waals surface area contributed by atoms with E-state index < -0.39 is 11.9 Å². The van der Waals surface area contributed by atoms with Gasteiger partial charge in [0.1, 0.15) is 5.25 Å². The van der Waals surface area contributed by atoms with Crippen LogP contribution in [-0.2, 0) is 9.59 Å². The number of carbonyl (C=O) groups excluding carboxylic acids is 2. The van der Waals surface area contributed by atoms with Crippen molar-refractivity contribution in [1.82, 2.24) is 5.01 Å². The number of hydrogen-bond donors (Lipinski definition) is 1. The van der Waals surface area contributed by atoms with Crippen molar-refractivity contribution in [3.05, 3.63) is 53.1 Å². The maximum atomic E-state index is 12.9. The summed E-state index contributed by atoms with van der Waals surface area (Å²) in [5.41, 5.74) is 3.08. The number of thioether (sulfide) groups is 1. The van der Waals surface area contributed by atoms with E-state index in [1.54, 1.807) is 0 Å². The number of carbonyl (C=O) groups is 2. The fourth-order valence-electron chi connectivity index (χ4n) is 3.29. The van der Waals surface area contributed by atoms with Gasteiger partial charge in [-0.1, -0.05) is 30.0 Å². The number of benzene rings is 2. The number of amides is 2. The number of ether oxygens (including phenoxy) is 2. The first-order valence-corrected chi connectivity index (χ1v) is 11.1. The number of hydrazone groups is 1. The molecular formula is C23H24F2N4O4S. The summed E-state index contributed by atoms with van der Waals surface area (Å²) in [6.45, 7) is 0.814. The third-order valence-electron chi connectivity index (χ3n) is 4.95. The number of amidine groups is 1. The molecule has 180 valence electrons. The molecule has 11 heteroatoms. The first kappa shape index (κ1) is 25.2. The summed E-state index contributed by atoms with van der Waals surface area (Å²) in [6, 6.07) is 9.98. The van der Waals surface area contributed by atoms with Crippen molar-refractivity contribution in [2.45, 2.75) is 32.1 Å². The molecule has 0 spiro atoms. The van der Waals surface area contributed by atoms with E-state index in [9.17, 15) is 18.4 Å². The van der Waals surface area contributed by atoms with Crippen molar-refractivity contribution < 1.29 is 27.8 Å². The maximum absolute atomic E-state index is 12.9. The minimum absolute atomic E-state index is 0.0458. The van der Waals surface area contributed by atoms with Gasteiger partial charge in [0.05, 0.1) is 13.3 Å². The minimum atomic E-state index is -2.99. The Morgan fingerprint density at radius 3 is 2.56 bits per heavy atom. The zero-order valence-corrected chi connectivity index (χ0v) is 19.9. The molecule has 1 aliphatic heterocycles. The lowest BCUT2D eigenvalue weighted by Crippen LogP contribution is -2.30. The van der Waals surface area contributed by atoms with E-state index in [1.165, 1.54) is 38.6 Å². The first-order valence-electron chi connectivity index (χ1n) is 10.2. The number of rotatable bonds is 8. The molecule has 2 amide bonds. The third-order valence-corrected chi connectivity index (χ3v) is 6.17. The standard InChI is InChI=1S/C23H24F2N4O4S/c1-13-6-5-7-14(2)20(13)28-19(30)11-18-21(31)29(23(26-3)34-18)27-12-15-8-9-16(33-22(24)25)17(10-15)32-4/h5-10,12,18,22H,11H2,1-4H3,(H,28,30)/b26-23?,27-12-/t18-/m0/s1. The Labute approximate surface area is 200 Å². The lowest BCUT2D eigenvalue weighted by Gasteiger charge is -2.13. The number of anilines is 1. The van der Waals surface area contributed by atoms with Crippen LogP contribution in [0.15, 0.2) is 46.5 Å². The fraction of sp³-hybridized carbons (Fsp3) is 0.304. The predicted octanol–water partition coefficient (Wildman–Crippen LogP) is 4.21. The van der Waals surface area contributed by atoms with Crippen LogP contribution in [0.5, 0.6) is 11.5 Å². The number of alkyl halides is 2. The van der Waals surface area contributed by atoms with Crippen molar-refractivity contribution in [2.75, 3.05) is 19.5 Å². The van der Waals surface area contributed by atoms with E-state index >= 15 is 0 Å². The molecule has 0 saturated carbocycles. The van der Waals surface area contributed by atoms with Gasteiger partial charge in [0.15, 0.2) is 16.7 Å². The van der Waals surface area contributed by atoms with Gasteiger partial charge in [0.2, 0.25) is 5.91 Å². The Morgan fingerprint density at radius 1 is 1.24 bits per heavy atom. The number of para-hydroxylation sites is 1. The van der Waals surface area contributed by atoms with Gasteiger partial charge in [-0.15, -0.1) is 0 Å². The highest BCUT2D eigenvalue weighted by Gasteiger charge is 2.39. The molecule has 1 fully saturated rings. The minimum Gasteiger partial charge on any atom is -0.493 e. The van der Waals surface area contributed by atoms with Crippen LogP contribution in [0.2, 0.25) is 0 Å². The number of hydrogen-bond acceptors (Lipinski definition) is 7. The molecule has 1 N–H and O–H groups in total. The van der Waals surface area contributed by atoms with E-state index in [0.717, 1.165) is 33.6 Å². The molecule has 1 saturated heterocycles. The second-order valence-corrected chi connectivity index (χ2v) is 8.49. The van der Waals surface area contributed by atoms with Gasteiger partial charge in [0, 0.05) is 19.2 Å². The van der Waals surface area contributed by atoms with Crippen LogP contribution in [0.1, 0.15) is 23.1 Å². The Kier molecular flexibility index (Phi) is 8.21. The summed E-state index contributed by atoms with van der Waals surface area (Å²) in [5.74, 6) is -0.697. The largest absolute Gasteiger partial charge is 0.493 e. The summed E-state index contributed by atoms with van der Waals surface area (Å²) >= 11 is 1.15. The number of methoxy groups -OCH3 is 1. The van der Waals surface area contributed by atoms with E-state index in [2.05, 4.69) is 20.1 Å². The monoisotopic (exact) mass is 490 g/mol. The first-order chi connectivity index (χ1) is 16.2. The van der Waals surface area contributed by atoms with Crippen molar-refractivity contribution in [2.24, 2.45) is 10.1 Å². The predicted molar refractivity (Wildman–Crippen MR) is 128 cm³/mol. The topological polar surface area (TPSA) is 92.6 Å². The Morgan fingerprint density at radius 2 is 1.94 bits per heavy atom. The summed E-state index contributed by atoms with van der Waals surface area (Å²) in [5, 5.41) is 7.86. The van der Waals surface area contributed by atoms with Gasteiger partial charge in [-0.3, -0.25) is 14.6 Å². The molecule has 0 bridgehead atoms. The normalized spacial score (nSPS) is 17.1. The van der Waals surface area contributed by atoms with Gasteiger partial charge in [0.25, 0.3) is 5.91 Å². The van der Waals surface area contributed by atoms with E-state index in [0.29, 0.717) is 10.7 Å². The molecule has 0 radical (unpaired) electrons. The van der Waals surface area contributed by atoms with Gasteiger partial charge in [-0.05, 0) is 48.7 Å². The van der Waals surface area contributed by atoms with E-state index in [1.807, 2.05) is 32.0 Å². The molecule has 2 aromatic carbocycles. The van der Waals surface area contributed by atoms with Crippen molar-refractivity contribution >= 4 is 40.6 Å². The number of aliphatic imine (C=N–C) groups is 1. The molecule has 1 aliphatic rings. The zero-order valence-electron chi connectivity index (χ0n) is 19.0. The van der Waals surface area contributed by atoms with Crippen LogP contribution < -0.4 is 14.8 Å². The van der Waals surface area contributed by atoms with Gasteiger partial charge in [-0.25, -0.2) is 0 Å². The number of nitrogens with one attached hydrogen (secondary N) is 1. The van der Waals surface area contributed by atoms with Crippen molar-refractivity contribution in [3.8, 4) is 11.5 Å². The highest BCUT2D eigenvalue weighted by atomic mass is 32.2. The molecule has 0 aliphatic carbocycles. The Bertz CT molecular complexity index is 1120. The maximum Gasteiger partial charge on any atom is 0.387 e. The molecule has 8 nitrogen and oxygen atoms in total. The molecule has 2 aromatic rings. The quantitative estimate of drug-likeness (QED) is 0.560. The summed E-state index contributed by atoms with van der Waals surface area (Å²) in [4.78, 5) is 29.6. The van der Waals surface area contributed by atoms with Gasteiger partial charge in [-0.2, -0.15) is 18.9 Å². The summed E-state index contributed by atoms with van der Waals surface area (Å²) in [6.07, 6.45) is 1.33. The Hall–Kier alpha value is -3.47. The second kappa shape index (κ2) is 11.1. The molecule has 1 atom stereocenters. The van der Waals surface area contributed by atoms with Crippen molar-refractivity contribution in [1.29, 1.82) is 0 Å². The van der Waals surface area contributed by atoms with E-state index in [-0.39, 0.29) is 29.7 Å². The van der Waals surface area contributed by atoms with Crippen LogP contribution in [0, 0.1) is 13.8 Å². The lowest BCUT2D eigenvalue weighted by molar-refractivity contribution is -0.128. The van der Waals surface area contributed by atoms with Gasteiger partial charge < -0.3 is 14.8 Å². The molecule has 1 heterocycles. The third kappa shape index (κ3) is 5.90. The molecule has 0 aromatic heterocycles. The van der Waals surface area contributed by atoms with Crippen LogP contribution in [0.3, 0.4) is 0 Å². The number of aryl methyl sites for hydroxylation is 2. The van der Waals surface area contributed by atoms with Crippen LogP contribution in [0.25, 0.3) is 0 Å². The van der Waals surface area contributed by atoms with Crippen LogP contribution in [-0.4, -0.2) is 54.2 Å². The van der Waals surface area contributed by atoms with E-state index in [4.69, 9.17) is 4.74 Å². The second-order valence-electron chi connectivity index (χ2n) is 7.32. The lowest BCUT2D eigenvalue weighted by atomic mass is 10.1. The summed E-state index contributed by atoms with van der Waals surface area (Å²) < 4.78 is 34.5. The summed E-state index contributed by atoms with van der Waals surface area (Å²) in [7, 11) is 2.85. The highest BCUT2D eigenvalue weighted by Crippen LogP contribution is 2.32. The molecule has 3 rings (SSSR count). The SMILES string of the molecule is CN=C1S[C@@H](CC(=O)Nc2c(C)cccc2C)C(=O)N1/N=C\c1ccc(OC(F)F)c(OC)c1. The average Bonchev–Trinajstić information content (AvgIpc) is 3.09. The number of nitrogens with zero attached hydrogens (tertiary/aromatic N) is 3.